The minimum Gasteiger partial charge on any atom is -0.166 e. The smallest absolute Gasteiger partial charge is 0.166 e. The van der Waals surface area contributed by atoms with Crippen LogP contribution in [0.25, 0.3) is 0 Å². The number of rotatable bonds is 1. The molecule has 0 aromatic heterocycles. The zero-order valence-electron chi connectivity index (χ0n) is 11.6. The normalized spacial score (nSPS) is 24.4. The standard InChI is InChI=1S/C16H20F3/c1-11-5-4-10-15(2,3)14(11)12-6-8-13(9-7-12)16(17,18)19/h6-9,11H,4-5,10H2,1-3H3/t11-/m0/s1. The minimum absolute atomic E-state index is 0.0808. The third-order valence-corrected chi connectivity index (χ3v) is 4.18. The Morgan fingerprint density at radius 3 is 2.16 bits per heavy atom. The molecule has 0 unspecified atom stereocenters. The fourth-order valence-corrected chi connectivity index (χ4v) is 3.31. The molecule has 0 nitrogen and oxygen atoms in total. The van der Waals surface area contributed by atoms with Crippen LogP contribution in [0.3, 0.4) is 0 Å². The van der Waals surface area contributed by atoms with Gasteiger partial charge in [-0.2, -0.15) is 13.2 Å². The highest BCUT2D eigenvalue weighted by Crippen LogP contribution is 2.49. The van der Waals surface area contributed by atoms with Gasteiger partial charge in [0.2, 0.25) is 0 Å². The molecule has 1 fully saturated rings. The Bertz CT molecular complexity index is 428. The highest BCUT2D eigenvalue weighted by molar-refractivity contribution is 5.38. The summed E-state index contributed by atoms with van der Waals surface area (Å²) in [6.45, 7) is 6.55. The van der Waals surface area contributed by atoms with Crippen molar-refractivity contribution in [2.24, 2.45) is 11.3 Å². The molecule has 0 heterocycles. The van der Waals surface area contributed by atoms with Crippen molar-refractivity contribution in [3.05, 3.63) is 41.3 Å². The summed E-state index contributed by atoms with van der Waals surface area (Å²) in [7, 11) is 0. The predicted molar refractivity (Wildman–Crippen MR) is 70.6 cm³/mol. The van der Waals surface area contributed by atoms with Crippen molar-refractivity contribution in [1.29, 1.82) is 0 Å². The van der Waals surface area contributed by atoms with Crippen LogP contribution in [0.4, 0.5) is 13.2 Å². The Balaban J connectivity index is 2.30. The van der Waals surface area contributed by atoms with E-state index in [0.29, 0.717) is 5.92 Å². The summed E-state index contributed by atoms with van der Waals surface area (Å²) in [5.74, 6) is 1.74. The Labute approximate surface area is 113 Å². The van der Waals surface area contributed by atoms with Crippen LogP contribution in [-0.2, 0) is 6.18 Å². The first kappa shape index (κ1) is 14.4. The van der Waals surface area contributed by atoms with E-state index in [4.69, 9.17) is 0 Å². The first-order valence-electron chi connectivity index (χ1n) is 6.77. The van der Waals surface area contributed by atoms with E-state index in [0.717, 1.165) is 18.4 Å². The number of alkyl halides is 3. The Kier molecular flexibility index (Phi) is 3.67. The molecule has 1 aliphatic rings. The lowest BCUT2D eigenvalue weighted by Crippen LogP contribution is -2.32. The predicted octanol–water partition coefficient (Wildman–Crippen LogP) is 5.47. The highest BCUT2D eigenvalue weighted by Gasteiger charge is 2.39. The minimum atomic E-state index is -4.25. The molecule has 1 aromatic carbocycles. The van der Waals surface area contributed by atoms with Gasteiger partial charge in [0.15, 0.2) is 0 Å². The molecule has 2 rings (SSSR count). The fourth-order valence-electron chi connectivity index (χ4n) is 3.31. The van der Waals surface area contributed by atoms with E-state index in [1.54, 1.807) is 12.1 Å². The van der Waals surface area contributed by atoms with E-state index in [9.17, 15) is 13.2 Å². The summed E-state index contributed by atoms with van der Waals surface area (Å²) in [5.41, 5.74) is 0.473. The van der Waals surface area contributed by atoms with Gasteiger partial charge in [0.1, 0.15) is 0 Å². The number of benzene rings is 1. The van der Waals surface area contributed by atoms with Gasteiger partial charge in [0, 0.05) is 5.92 Å². The maximum absolute atomic E-state index is 12.6. The molecular weight excluding hydrogens is 249 g/mol. The molecule has 0 saturated heterocycles. The first-order chi connectivity index (χ1) is 8.72. The molecule has 1 saturated carbocycles. The van der Waals surface area contributed by atoms with Crippen LogP contribution >= 0.6 is 0 Å². The molecule has 3 heteroatoms. The molecule has 1 radical (unpaired) electrons. The third-order valence-electron chi connectivity index (χ3n) is 4.18. The maximum atomic E-state index is 12.6. The molecule has 105 valence electrons. The summed E-state index contributed by atoms with van der Waals surface area (Å²) in [5, 5.41) is 0. The summed E-state index contributed by atoms with van der Waals surface area (Å²) < 4.78 is 37.8. The van der Waals surface area contributed by atoms with Crippen LogP contribution in [0.15, 0.2) is 24.3 Å². The molecular formula is C16H20F3. The van der Waals surface area contributed by atoms with E-state index < -0.39 is 11.7 Å². The molecule has 1 atom stereocenters. The first-order valence-corrected chi connectivity index (χ1v) is 6.77. The van der Waals surface area contributed by atoms with Gasteiger partial charge in [-0.25, -0.2) is 0 Å². The zero-order valence-corrected chi connectivity index (χ0v) is 11.6. The average Bonchev–Trinajstić information content (AvgIpc) is 2.27. The summed E-state index contributed by atoms with van der Waals surface area (Å²) in [6.07, 6.45) is -0.831. The monoisotopic (exact) mass is 269 g/mol. The number of halogens is 3. The number of hydrogen-bond acceptors (Lipinski definition) is 0. The SMILES string of the molecule is C[C@H]1CCCC(C)(C)[C]1c1ccc(C(F)(F)F)cc1. The lowest BCUT2D eigenvalue weighted by atomic mass is 9.62. The quantitative estimate of drug-likeness (QED) is 0.633. The molecule has 1 aliphatic carbocycles. The topological polar surface area (TPSA) is 0 Å². The van der Waals surface area contributed by atoms with Crippen molar-refractivity contribution in [3.8, 4) is 0 Å². The van der Waals surface area contributed by atoms with Gasteiger partial charge in [-0.1, -0.05) is 39.3 Å². The van der Waals surface area contributed by atoms with Crippen molar-refractivity contribution >= 4 is 0 Å². The molecule has 0 amide bonds. The van der Waals surface area contributed by atoms with Gasteiger partial charge in [-0.3, -0.25) is 0 Å². The van der Waals surface area contributed by atoms with Gasteiger partial charge in [0.05, 0.1) is 5.56 Å². The van der Waals surface area contributed by atoms with Crippen LogP contribution in [0.1, 0.15) is 51.2 Å². The van der Waals surface area contributed by atoms with Crippen molar-refractivity contribution in [2.75, 3.05) is 0 Å². The van der Waals surface area contributed by atoms with E-state index in [2.05, 4.69) is 20.8 Å². The van der Waals surface area contributed by atoms with Crippen molar-refractivity contribution < 1.29 is 13.2 Å². The number of hydrogen-bond donors (Lipinski definition) is 0. The Morgan fingerprint density at radius 1 is 1.11 bits per heavy atom. The second-order valence-corrected chi connectivity index (χ2v) is 6.17. The zero-order chi connectivity index (χ0) is 14.3. The summed E-state index contributed by atoms with van der Waals surface area (Å²) in [4.78, 5) is 0. The molecule has 1 aromatic rings. The fraction of sp³-hybridized carbons (Fsp3) is 0.562. The molecule has 0 spiro atoms. The third kappa shape index (κ3) is 2.96. The second-order valence-electron chi connectivity index (χ2n) is 6.17. The average molecular weight is 269 g/mol. The second kappa shape index (κ2) is 4.84. The summed E-state index contributed by atoms with van der Waals surface area (Å²) in [6, 6.07) is 5.64. The van der Waals surface area contributed by atoms with Crippen LogP contribution in [0.5, 0.6) is 0 Å². The lowest BCUT2D eigenvalue weighted by molar-refractivity contribution is -0.137. The highest BCUT2D eigenvalue weighted by atomic mass is 19.4. The lowest BCUT2D eigenvalue weighted by Gasteiger charge is -2.42. The van der Waals surface area contributed by atoms with E-state index in [1.165, 1.54) is 24.5 Å². The van der Waals surface area contributed by atoms with Gasteiger partial charge in [-0.05, 0) is 41.9 Å². The van der Waals surface area contributed by atoms with Gasteiger partial charge < -0.3 is 0 Å². The van der Waals surface area contributed by atoms with Gasteiger partial charge in [0.25, 0.3) is 0 Å². The molecule has 0 aliphatic heterocycles. The molecule has 19 heavy (non-hydrogen) atoms. The van der Waals surface area contributed by atoms with E-state index >= 15 is 0 Å². The van der Waals surface area contributed by atoms with E-state index in [1.807, 2.05) is 0 Å². The van der Waals surface area contributed by atoms with Crippen molar-refractivity contribution in [1.82, 2.24) is 0 Å². The van der Waals surface area contributed by atoms with Crippen LogP contribution in [-0.4, -0.2) is 0 Å². The van der Waals surface area contributed by atoms with Gasteiger partial charge in [-0.15, -0.1) is 0 Å². The van der Waals surface area contributed by atoms with E-state index in [-0.39, 0.29) is 5.41 Å². The molecule has 0 bridgehead atoms. The van der Waals surface area contributed by atoms with Crippen LogP contribution in [0.2, 0.25) is 0 Å². The maximum Gasteiger partial charge on any atom is 0.416 e. The van der Waals surface area contributed by atoms with Crippen LogP contribution in [0, 0.1) is 17.3 Å². The Hall–Kier alpha value is -0.990. The molecule has 0 N–H and O–H groups in total. The van der Waals surface area contributed by atoms with Crippen LogP contribution < -0.4 is 0 Å². The van der Waals surface area contributed by atoms with Crippen molar-refractivity contribution in [2.45, 2.75) is 46.2 Å². The van der Waals surface area contributed by atoms with Gasteiger partial charge >= 0.3 is 6.18 Å². The Morgan fingerprint density at radius 2 is 1.68 bits per heavy atom. The van der Waals surface area contributed by atoms with Crippen molar-refractivity contribution in [3.63, 3.8) is 0 Å². The largest absolute Gasteiger partial charge is 0.416 e. The summed E-state index contributed by atoms with van der Waals surface area (Å²) >= 11 is 0.